The SMILES string of the molecule is Fc1ccccc1CNc1cc(Cl)c(OC(F)F)c(Cl)c1. The highest BCUT2D eigenvalue weighted by Gasteiger charge is 2.14. The number of hydrogen-bond acceptors (Lipinski definition) is 2. The maximum absolute atomic E-state index is 13.5. The second-order valence-corrected chi connectivity index (χ2v) is 4.91. The van der Waals surface area contributed by atoms with E-state index in [1.54, 1.807) is 18.2 Å². The molecule has 0 bridgehead atoms. The van der Waals surface area contributed by atoms with E-state index in [-0.39, 0.29) is 28.2 Å². The van der Waals surface area contributed by atoms with Crippen molar-refractivity contribution < 1.29 is 17.9 Å². The van der Waals surface area contributed by atoms with Crippen molar-refractivity contribution in [3.63, 3.8) is 0 Å². The number of hydrogen-bond donors (Lipinski definition) is 1. The Morgan fingerprint density at radius 2 is 1.71 bits per heavy atom. The van der Waals surface area contributed by atoms with E-state index in [0.29, 0.717) is 11.3 Å². The molecule has 0 amide bonds. The minimum absolute atomic E-state index is 0.0566. The van der Waals surface area contributed by atoms with Crippen molar-refractivity contribution in [2.75, 3.05) is 5.32 Å². The average Bonchev–Trinajstić information content (AvgIpc) is 2.42. The number of benzene rings is 2. The fourth-order valence-corrected chi connectivity index (χ4v) is 2.28. The Morgan fingerprint density at radius 1 is 1.10 bits per heavy atom. The lowest BCUT2D eigenvalue weighted by Crippen LogP contribution is -2.05. The smallest absolute Gasteiger partial charge is 0.387 e. The van der Waals surface area contributed by atoms with Crippen LogP contribution in [0.5, 0.6) is 5.75 Å². The van der Waals surface area contributed by atoms with Crippen LogP contribution in [0.3, 0.4) is 0 Å². The lowest BCUT2D eigenvalue weighted by atomic mass is 10.2. The van der Waals surface area contributed by atoms with Crippen LogP contribution in [0.25, 0.3) is 0 Å². The number of rotatable bonds is 5. The highest BCUT2D eigenvalue weighted by Crippen LogP contribution is 2.37. The van der Waals surface area contributed by atoms with Crippen LogP contribution in [-0.4, -0.2) is 6.61 Å². The van der Waals surface area contributed by atoms with Gasteiger partial charge in [-0.1, -0.05) is 41.4 Å². The molecule has 0 aliphatic rings. The third-order valence-electron chi connectivity index (χ3n) is 2.65. The lowest BCUT2D eigenvalue weighted by Gasteiger charge is -2.12. The van der Waals surface area contributed by atoms with Gasteiger partial charge in [-0.15, -0.1) is 0 Å². The summed E-state index contributed by atoms with van der Waals surface area (Å²) in [6.45, 7) is -2.81. The van der Waals surface area contributed by atoms with Gasteiger partial charge in [-0.2, -0.15) is 8.78 Å². The van der Waals surface area contributed by atoms with Gasteiger partial charge in [0.25, 0.3) is 0 Å². The maximum atomic E-state index is 13.5. The topological polar surface area (TPSA) is 21.3 Å². The third-order valence-corrected chi connectivity index (χ3v) is 3.21. The summed E-state index contributed by atoms with van der Waals surface area (Å²) in [5, 5.41) is 2.80. The molecule has 2 aromatic rings. The van der Waals surface area contributed by atoms with Crippen LogP contribution < -0.4 is 10.1 Å². The minimum atomic E-state index is -3.02. The van der Waals surface area contributed by atoms with E-state index < -0.39 is 6.61 Å². The highest BCUT2D eigenvalue weighted by molar-refractivity contribution is 6.37. The van der Waals surface area contributed by atoms with Crippen LogP contribution in [0.15, 0.2) is 36.4 Å². The van der Waals surface area contributed by atoms with Crippen molar-refractivity contribution >= 4 is 28.9 Å². The molecule has 0 heterocycles. The normalized spacial score (nSPS) is 10.8. The van der Waals surface area contributed by atoms with Crippen LogP contribution in [-0.2, 0) is 6.54 Å². The molecule has 1 N–H and O–H groups in total. The molecule has 2 aromatic carbocycles. The molecule has 0 aliphatic carbocycles. The molecule has 0 saturated heterocycles. The number of ether oxygens (including phenoxy) is 1. The fraction of sp³-hybridized carbons (Fsp3) is 0.143. The number of alkyl halides is 2. The Kier molecular flexibility index (Phi) is 5.20. The van der Waals surface area contributed by atoms with Gasteiger partial charge in [-0.25, -0.2) is 4.39 Å². The summed E-state index contributed by atoms with van der Waals surface area (Å²) >= 11 is 11.7. The van der Waals surface area contributed by atoms with Gasteiger partial charge >= 0.3 is 6.61 Å². The van der Waals surface area contributed by atoms with E-state index in [1.807, 2.05) is 0 Å². The first-order chi connectivity index (χ1) is 9.97. The van der Waals surface area contributed by atoms with E-state index in [4.69, 9.17) is 23.2 Å². The zero-order valence-electron chi connectivity index (χ0n) is 10.5. The van der Waals surface area contributed by atoms with Gasteiger partial charge in [-0.05, 0) is 18.2 Å². The predicted octanol–water partition coefficient (Wildman–Crippen LogP) is 5.35. The Morgan fingerprint density at radius 3 is 2.29 bits per heavy atom. The van der Waals surface area contributed by atoms with Crippen molar-refractivity contribution in [2.45, 2.75) is 13.2 Å². The number of halogens is 5. The molecule has 112 valence electrons. The Labute approximate surface area is 129 Å². The molecule has 0 aliphatic heterocycles. The van der Waals surface area contributed by atoms with E-state index in [0.717, 1.165) is 0 Å². The number of nitrogens with one attached hydrogen (secondary N) is 1. The zero-order valence-corrected chi connectivity index (χ0v) is 12.1. The summed E-state index contributed by atoms with van der Waals surface area (Å²) in [5.41, 5.74) is 0.924. The molecule has 0 saturated carbocycles. The summed E-state index contributed by atoms with van der Waals surface area (Å²) in [6.07, 6.45) is 0. The molecule has 0 unspecified atom stereocenters. The standard InChI is InChI=1S/C14H10Cl2F3NO/c15-10-5-9(6-11(16)13(10)21-14(18)19)20-7-8-3-1-2-4-12(8)17/h1-6,14,20H,7H2. The molecular weight excluding hydrogens is 326 g/mol. The van der Waals surface area contributed by atoms with Crippen LogP contribution >= 0.6 is 23.2 Å². The van der Waals surface area contributed by atoms with Gasteiger partial charge in [0.15, 0.2) is 5.75 Å². The molecule has 7 heteroatoms. The second-order valence-electron chi connectivity index (χ2n) is 4.09. The van der Waals surface area contributed by atoms with Crippen molar-refractivity contribution in [3.8, 4) is 5.75 Å². The predicted molar refractivity (Wildman–Crippen MR) is 76.8 cm³/mol. The van der Waals surface area contributed by atoms with E-state index in [9.17, 15) is 13.2 Å². The molecule has 0 spiro atoms. The highest BCUT2D eigenvalue weighted by atomic mass is 35.5. The first kappa shape index (κ1) is 15.8. The minimum Gasteiger partial charge on any atom is -0.432 e. The van der Waals surface area contributed by atoms with Crippen LogP contribution in [0.4, 0.5) is 18.9 Å². The lowest BCUT2D eigenvalue weighted by molar-refractivity contribution is -0.0497. The van der Waals surface area contributed by atoms with Gasteiger partial charge in [-0.3, -0.25) is 0 Å². The van der Waals surface area contributed by atoms with Crippen molar-refractivity contribution in [1.82, 2.24) is 0 Å². The van der Waals surface area contributed by atoms with Gasteiger partial charge in [0.2, 0.25) is 0 Å². The van der Waals surface area contributed by atoms with Crippen LogP contribution in [0.1, 0.15) is 5.56 Å². The first-order valence-corrected chi connectivity index (χ1v) is 6.64. The largest absolute Gasteiger partial charge is 0.432 e. The first-order valence-electron chi connectivity index (χ1n) is 5.88. The van der Waals surface area contributed by atoms with E-state index in [2.05, 4.69) is 10.1 Å². The van der Waals surface area contributed by atoms with Gasteiger partial charge in [0.1, 0.15) is 5.82 Å². The maximum Gasteiger partial charge on any atom is 0.387 e. The van der Waals surface area contributed by atoms with Crippen LogP contribution in [0, 0.1) is 5.82 Å². The quantitative estimate of drug-likeness (QED) is 0.795. The molecule has 0 fully saturated rings. The molecule has 21 heavy (non-hydrogen) atoms. The summed E-state index contributed by atoms with van der Waals surface area (Å²) in [6, 6.07) is 9.02. The van der Waals surface area contributed by atoms with E-state index in [1.165, 1.54) is 18.2 Å². The third kappa shape index (κ3) is 4.19. The molecule has 0 aromatic heterocycles. The molecule has 0 radical (unpaired) electrons. The molecule has 2 rings (SSSR count). The summed E-state index contributed by atoms with van der Waals surface area (Å²) < 4.78 is 42.1. The van der Waals surface area contributed by atoms with Gasteiger partial charge in [0.05, 0.1) is 10.0 Å². The molecule has 0 atom stereocenters. The Balaban J connectivity index is 2.13. The summed E-state index contributed by atoms with van der Waals surface area (Å²) in [5.74, 6) is -0.635. The Hall–Kier alpha value is -1.59. The number of anilines is 1. The zero-order chi connectivity index (χ0) is 15.4. The second kappa shape index (κ2) is 6.91. The molecule has 2 nitrogen and oxygen atoms in total. The average molecular weight is 336 g/mol. The summed E-state index contributed by atoms with van der Waals surface area (Å²) in [4.78, 5) is 0. The van der Waals surface area contributed by atoms with Crippen molar-refractivity contribution in [3.05, 3.63) is 57.8 Å². The Bertz CT molecular complexity index is 614. The van der Waals surface area contributed by atoms with Gasteiger partial charge in [0, 0.05) is 17.8 Å². The monoisotopic (exact) mass is 335 g/mol. The fourth-order valence-electron chi connectivity index (χ4n) is 1.70. The van der Waals surface area contributed by atoms with Crippen molar-refractivity contribution in [1.29, 1.82) is 0 Å². The van der Waals surface area contributed by atoms with Crippen molar-refractivity contribution in [2.24, 2.45) is 0 Å². The summed E-state index contributed by atoms with van der Waals surface area (Å²) in [7, 11) is 0. The van der Waals surface area contributed by atoms with Crippen LogP contribution in [0.2, 0.25) is 10.0 Å². The van der Waals surface area contributed by atoms with Gasteiger partial charge < -0.3 is 10.1 Å². The van der Waals surface area contributed by atoms with E-state index >= 15 is 0 Å². The molecular formula is C14H10Cl2F3NO.